The van der Waals surface area contributed by atoms with Crippen LogP contribution >= 0.6 is 22.6 Å². The predicted molar refractivity (Wildman–Crippen MR) is 73.3 cm³/mol. The van der Waals surface area contributed by atoms with Crippen LogP contribution in [0, 0.1) is 10.5 Å². The molecule has 0 bridgehead atoms. The van der Waals surface area contributed by atoms with E-state index >= 15 is 0 Å². The molecule has 0 atom stereocenters. The smallest absolute Gasteiger partial charge is 0.0410 e. The van der Waals surface area contributed by atoms with E-state index in [4.69, 9.17) is 0 Å². The summed E-state index contributed by atoms with van der Waals surface area (Å²) in [5, 5.41) is 0. The third-order valence-electron chi connectivity index (χ3n) is 2.37. The fraction of sp³-hybridized carbons (Fsp3) is 0.231. The first-order chi connectivity index (χ1) is 7.74. The summed E-state index contributed by atoms with van der Waals surface area (Å²) in [7, 11) is 0. The molecule has 0 radical (unpaired) electrons. The Morgan fingerprint density at radius 3 is 2.56 bits per heavy atom. The highest BCUT2D eigenvalue weighted by Gasteiger charge is 1.98. The fourth-order valence-electron chi connectivity index (χ4n) is 1.55. The zero-order valence-electron chi connectivity index (χ0n) is 9.15. The highest BCUT2D eigenvalue weighted by molar-refractivity contribution is 14.1. The minimum Gasteiger partial charge on any atom is -0.260 e. The predicted octanol–water partition coefficient (Wildman–Crippen LogP) is 3.17. The molecule has 0 saturated heterocycles. The number of aromatic nitrogens is 2. The third kappa shape index (κ3) is 3.27. The van der Waals surface area contributed by atoms with Crippen LogP contribution in [0.4, 0.5) is 0 Å². The molecule has 3 heteroatoms. The summed E-state index contributed by atoms with van der Waals surface area (Å²) >= 11 is 2.27. The average molecular weight is 324 g/mol. The minimum atomic E-state index is 0.952. The molecule has 2 heterocycles. The van der Waals surface area contributed by atoms with E-state index in [1.54, 1.807) is 0 Å². The monoisotopic (exact) mass is 324 g/mol. The van der Waals surface area contributed by atoms with Crippen molar-refractivity contribution in [3.63, 3.8) is 0 Å². The number of aryl methyl sites for hydroxylation is 3. The summed E-state index contributed by atoms with van der Waals surface area (Å²) in [6.07, 6.45) is 3.81. The van der Waals surface area contributed by atoms with Crippen molar-refractivity contribution in [2.75, 3.05) is 0 Å². The number of hydrogen-bond acceptors (Lipinski definition) is 2. The van der Waals surface area contributed by atoms with Crippen molar-refractivity contribution in [2.45, 2.75) is 19.8 Å². The second kappa shape index (κ2) is 5.39. The summed E-state index contributed by atoms with van der Waals surface area (Å²) in [5.41, 5.74) is 3.34. The van der Waals surface area contributed by atoms with E-state index in [1.165, 1.54) is 3.57 Å². The molecule has 0 spiro atoms. The van der Waals surface area contributed by atoms with E-state index in [9.17, 15) is 0 Å². The number of halogens is 1. The van der Waals surface area contributed by atoms with Crippen LogP contribution in [0.1, 0.15) is 17.1 Å². The number of nitrogens with zero attached hydrogens (tertiary/aromatic N) is 2. The maximum Gasteiger partial charge on any atom is 0.0410 e. The maximum atomic E-state index is 4.48. The van der Waals surface area contributed by atoms with Crippen molar-refractivity contribution in [3.8, 4) is 0 Å². The van der Waals surface area contributed by atoms with Crippen molar-refractivity contribution in [3.05, 3.63) is 57.2 Å². The van der Waals surface area contributed by atoms with Gasteiger partial charge in [0.05, 0.1) is 0 Å². The van der Waals surface area contributed by atoms with Crippen molar-refractivity contribution in [1.29, 1.82) is 0 Å². The molecule has 0 N–H and O–H groups in total. The molecule has 2 aromatic rings. The van der Waals surface area contributed by atoms with Crippen LogP contribution in [0.5, 0.6) is 0 Å². The molecule has 82 valence electrons. The van der Waals surface area contributed by atoms with E-state index in [0.717, 1.165) is 29.9 Å². The van der Waals surface area contributed by atoms with Gasteiger partial charge in [-0.25, -0.2) is 0 Å². The lowest BCUT2D eigenvalue weighted by molar-refractivity contribution is 0.871. The van der Waals surface area contributed by atoms with Gasteiger partial charge in [-0.1, -0.05) is 6.07 Å². The van der Waals surface area contributed by atoms with Crippen LogP contribution in [0.3, 0.4) is 0 Å². The van der Waals surface area contributed by atoms with E-state index in [-0.39, 0.29) is 0 Å². The van der Waals surface area contributed by atoms with Crippen molar-refractivity contribution >= 4 is 22.6 Å². The summed E-state index contributed by atoms with van der Waals surface area (Å²) in [5.74, 6) is 0. The van der Waals surface area contributed by atoms with E-state index in [0.29, 0.717) is 0 Å². The minimum absolute atomic E-state index is 0.952. The fourth-order valence-corrected chi connectivity index (χ4v) is 1.87. The lowest BCUT2D eigenvalue weighted by atomic mass is 10.1. The Morgan fingerprint density at radius 2 is 1.88 bits per heavy atom. The Bertz CT molecular complexity index is 466. The first kappa shape index (κ1) is 11.5. The first-order valence-corrected chi connectivity index (χ1v) is 6.35. The van der Waals surface area contributed by atoms with Gasteiger partial charge in [0.2, 0.25) is 0 Å². The molecule has 0 aromatic carbocycles. The van der Waals surface area contributed by atoms with Crippen LogP contribution in [-0.2, 0) is 12.8 Å². The topological polar surface area (TPSA) is 25.8 Å². The van der Waals surface area contributed by atoms with Gasteiger partial charge in [-0.15, -0.1) is 0 Å². The van der Waals surface area contributed by atoms with Gasteiger partial charge in [-0.3, -0.25) is 9.97 Å². The van der Waals surface area contributed by atoms with E-state index in [2.05, 4.69) is 56.8 Å². The molecule has 0 fully saturated rings. The van der Waals surface area contributed by atoms with Crippen LogP contribution in [-0.4, -0.2) is 9.97 Å². The van der Waals surface area contributed by atoms with Gasteiger partial charge >= 0.3 is 0 Å². The molecule has 0 aliphatic rings. The van der Waals surface area contributed by atoms with Crippen molar-refractivity contribution in [2.24, 2.45) is 0 Å². The van der Waals surface area contributed by atoms with E-state index in [1.807, 2.05) is 19.2 Å². The second-order valence-corrected chi connectivity index (χ2v) is 4.98. The van der Waals surface area contributed by atoms with Gasteiger partial charge in [0.15, 0.2) is 0 Å². The zero-order chi connectivity index (χ0) is 11.4. The van der Waals surface area contributed by atoms with Crippen molar-refractivity contribution < 1.29 is 0 Å². The standard InChI is InChI=1S/C13H13IN2/c1-10-3-2-4-13(16-10)8-7-12-6-5-11(14)9-15-12/h2-6,9H,7-8H2,1H3. The number of pyridine rings is 2. The van der Waals surface area contributed by atoms with Crippen LogP contribution in [0.25, 0.3) is 0 Å². The Labute approximate surface area is 109 Å². The van der Waals surface area contributed by atoms with Gasteiger partial charge in [-0.2, -0.15) is 0 Å². The quantitative estimate of drug-likeness (QED) is 0.811. The summed E-state index contributed by atoms with van der Waals surface area (Å²) in [6, 6.07) is 10.3. The molecule has 0 amide bonds. The SMILES string of the molecule is Cc1cccc(CCc2ccc(I)cn2)n1. The maximum absolute atomic E-state index is 4.48. The van der Waals surface area contributed by atoms with E-state index < -0.39 is 0 Å². The Hall–Kier alpha value is -0.970. The van der Waals surface area contributed by atoms with Gasteiger partial charge in [0.25, 0.3) is 0 Å². The second-order valence-electron chi connectivity index (χ2n) is 3.74. The lowest BCUT2D eigenvalue weighted by Gasteiger charge is -2.02. The summed E-state index contributed by atoms with van der Waals surface area (Å²) in [4.78, 5) is 8.86. The summed E-state index contributed by atoms with van der Waals surface area (Å²) in [6.45, 7) is 2.02. The molecule has 2 aromatic heterocycles. The molecule has 0 aliphatic carbocycles. The highest BCUT2D eigenvalue weighted by Crippen LogP contribution is 2.07. The van der Waals surface area contributed by atoms with Gasteiger partial charge in [0.1, 0.15) is 0 Å². The number of hydrogen-bond donors (Lipinski definition) is 0. The molecule has 2 rings (SSSR count). The Morgan fingerprint density at radius 1 is 1.06 bits per heavy atom. The molecule has 2 nitrogen and oxygen atoms in total. The Balaban J connectivity index is 1.99. The Kier molecular flexibility index (Phi) is 3.88. The lowest BCUT2D eigenvalue weighted by Crippen LogP contribution is -1.97. The zero-order valence-corrected chi connectivity index (χ0v) is 11.3. The van der Waals surface area contributed by atoms with Gasteiger partial charge < -0.3 is 0 Å². The normalized spacial score (nSPS) is 10.4. The van der Waals surface area contributed by atoms with Gasteiger partial charge in [-0.05, 0) is 66.6 Å². The molecular weight excluding hydrogens is 311 g/mol. The molecule has 16 heavy (non-hydrogen) atoms. The van der Waals surface area contributed by atoms with Crippen molar-refractivity contribution in [1.82, 2.24) is 9.97 Å². The largest absolute Gasteiger partial charge is 0.260 e. The first-order valence-electron chi connectivity index (χ1n) is 5.27. The van der Waals surface area contributed by atoms with Crippen LogP contribution in [0.2, 0.25) is 0 Å². The van der Waals surface area contributed by atoms with Gasteiger partial charge in [0, 0.05) is 26.8 Å². The highest BCUT2D eigenvalue weighted by atomic mass is 127. The third-order valence-corrected chi connectivity index (χ3v) is 3.01. The molecule has 0 unspecified atom stereocenters. The average Bonchev–Trinajstić information content (AvgIpc) is 2.28. The number of rotatable bonds is 3. The van der Waals surface area contributed by atoms with Crippen LogP contribution < -0.4 is 0 Å². The molecule has 0 aliphatic heterocycles. The summed E-state index contributed by atoms with van der Waals surface area (Å²) < 4.78 is 1.18. The molecular formula is C13H13IN2. The van der Waals surface area contributed by atoms with Crippen LogP contribution in [0.15, 0.2) is 36.5 Å². The molecule has 0 saturated carbocycles.